The molecule has 4 heteroatoms. The van der Waals surface area contributed by atoms with Crippen molar-refractivity contribution in [2.45, 2.75) is 45.3 Å². The largest absolute Gasteiger partial charge is 0.399 e. The predicted octanol–water partition coefficient (Wildman–Crippen LogP) is 3.81. The molecule has 19 heavy (non-hydrogen) atoms. The highest BCUT2D eigenvalue weighted by molar-refractivity contribution is 9.10. The van der Waals surface area contributed by atoms with E-state index in [9.17, 15) is 4.79 Å². The number of nitrogens with two attached hydrogens (primary N) is 1. The monoisotopic (exact) mass is 325 g/mol. The van der Waals surface area contributed by atoms with Crippen LogP contribution in [-0.2, 0) is 4.74 Å². The van der Waals surface area contributed by atoms with Crippen LogP contribution in [0.1, 0.15) is 44.5 Å². The van der Waals surface area contributed by atoms with Gasteiger partial charge in [-0.25, -0.2) is 0 Å². The van der Waals surface area contributed by atoms with Crippen molar-refractivity contribution in [1.29, 1.82) is 0 Å². The van der Waals surface area contributed by atoms with E-state index >= 15 is 0 Å². The minimum absolute atomic E-state index is 0.101. The van der Waals surface area contributed by atoms with Gasteiger partial charge in [-0.15, -0.1) is 0 Å². The maximum atomic E-state index is 12.7. The first-order valence-electron chi connectivity index (χ1n) is 6.41. The van der Waals surface area contributed by atoms with Crippen LogP contribution >= 0.6 is 15.9 Å². The SMILES string of the molecule is CC1(C)CC(C(=O)c2cc(N)cc(Br)c2)C(C)(C)O1. The summed E-state index contributed by atoms with van der Waals surface area (Å²) in [6.07, 6.45) is 0.727. The first-order chi connectivity index (χ1) is 8.61. The van der Waals surface area contributed by atoms with Gasteiger partial charge in [0.1, 0.15) is 0 Å². The fraction of sp³-hybridized carbons (Fsp3) is 0.533. The zero-order valence-corrected chi connectivity index (χ0v) is 13.4. The van der Waals surface area contributed by atoms with Gasteiger partial charge in [-0.2, -0.15) is 0 Å². The molecule has 1 fully saturated rings. The molecular weight excluding hydrogens is 306 g/mol. The predicted molar refractivity (Wildman–Crippen MR) is 80.2 cm³/mol. The summed E-state index contributed by atoms with van der Waals surface area (Å²) < 4.78 is 6.81. The third-order valence-corrected chi connectivity index (χ3v) is 4.05. The number of hydrogen-bond donors (Lipinski definition) is 1. The topological polar surface area (TPSA) is 52.3 Å². The standard InChI is InChI=1S/C15H20BrNO2/c1-14(2)8-12(15(3,4)19-14)13(18)9-5-10(16)7-11(17)6-9/h5-7,12H,8,17H2,1-4H3. The van der Waals surface area contributed by atoms with Crippen molar-refractivity contribution in [2.75, 3.05) is 5.73 Å². The Bertz CT molecular complexity index is 503. The summed E-state index contributed by atoms with van der Waals surface area (Å²) in [4.78, 5) is 12.7. The third-order valence-electron chi connectivity index (χ3n) is 3.60. The molecule has 104 valence electrons. The summed E-state index contributed by atoms with van der Waals surface area (Å²) in [6, 6.07) is 5.34. The van der Waals surface area contributed by atoms with Crippen LogP contribution in [0.25, 0.3) is 0 Å². The van der Waals surface area contributed by atoms with E-state index in [2.05, 4.69) is 15.9 Å². The number of ketones is 1. The van der Waals surface area contributed by atoms with Gasteiger partial charge in [-0.05, 0) is 52.3 Å². The van der Waals surface area contributed by atoms with Crippen molar-refractivity contribution < 1.29 is 9.53 Å². The van der Waals surface area contributed by atoms with E-state index in [4.69, 9.17) is 10.5 Å². The average Bonchev–Trinajstić information content (AvgIpc) is 2.44. The van der Waals surface area contributed by atoms with Gasteiger partial charge < -0.3 is 10.5 Å². The van der Waals surface area contributed by atoms with Crippen LogP contribution in [0.15, 0.2) is 22.7 Å². The van der Waals surface area contributed by atoms with Crippen molar-refractivity contribution in [1.82, 2.24) is 0 Å². The lowest BCUT2D eigenvalue weighted by molar-refractivity contribution is -0.0712. The number of ether oxygens (including phenoxy) is 1. The maximum absolute atomic E-state index is 12.7. The molecule has 1 aliphatic rings. The highest BCUT2D eigenvalue weighted by Crippen LogP contribution is 2.43. The quantitative estimate of drug-likeness (QED) is 0.664. The molecule has 1 aromatic rings. The average molecular weight is 326 g/mol. The van der Waals surface area contributed by atoms with Crippen molar-refractivity contribution >= 4 is 27.4 Å². The lowest BCUT2D eigenvalue weighted by Gasteiger charge is -2.26. The lowest BCUT2D eigenvalue weighted by Crippen LogP contribution is -2.33. The fourth-order valence-corrected chi connectivity index (χ4v) is 3.44. The second-order valence-electron chi connectivity index (χ2n) is 6.36. The summed E-state index contributed by atoms with van der Waals surface area (Å²) in [5.41, 5.74) is 6.33. The van der Waals surface area contributed by atoms with E-state index < -0.39 is 5.60 Å². The Labute approximate surface area is 122 Å². The van der Waals surface area contributed by atoms with E-state index in [0.29, 0.717) is 11.3 Å². The maximum Gasteiger partial charge on any atom is 0.169 e. The molecule has 0 aromatic heterocycles. The Kier molecular flexibility index (Phi) is 3.52. The Balaban J connectivity index is 2.34. The zero-order valence-electron chi connectivity index (χ0n) is 11.8. The van der Waals surface area contributed by atoms with Crippen molar-refractivity contribution in [2.24, 2.45) is 5.92 Å². The first-order valence-corrected chi connectivity index (χ1v) is 7.20. The number of halogens is 1. The molecule has 0 radical (unpaired) electrons. The van der Waals surface area contributed by atoms with Crippen LogP contribution < -0.4 is 5.73 Å². The summed E-state index contributed by atoms with van der Waals surface area (Å²) in [5.74, 6) is -0.0419. The van der Waals surface area contributed by atoms with Crippen molar-refractivity contribution in [3.8, 4) is 0 Å². The normalized spacial score (nSPS) is 24.4. The number of Topliss-reactive ketones (excluding diaryl/α,β-unsaturated/α-hetero) is 1. The van der Waals surface area contributed by atoms with Crippen LogP contribution in [0.3, 0.4) is 0 Å². The molecule has 0 spiro atoms. The smallest absolute Gasteiger partial charge is 0.169 e. The molecule has 1 saturated heterocycles. The number of nitrogen functional groups attached to an aromatic ring is 1. The molecule has 1 atom stereocenters. The Morgan fingerprint density at radius 3 is 2.42 bits per heavy atom. The van der Waals surface area contributed by atoms with E-state index in [1.54, 1.807) is 12.1 Å². The first kappa shape index (κ1) is 14.5. The molecule has 1 aliphatic heterocycles. The number of hydrogen-bond acceptors (Lipinski definition) is 3. The minimum Gasteiger partial charge on any atom is -0.399 e. The molecule has 2 N–H and O–H groups in total. The van der Waals surface area contributed by atoms with Gasteiger partial charge in [0.15, 0.2) is 5.78 Å². The third kappa shape index (κ3) is 3.00. The van der Waals surface area contributed by atoms with E-state index in [1.807, 2.05) is 33.8 Å². The van der Waals surface area contributed by atoms with Crippen LogP contribution in [0.5, 0.6) is 0 Å². The molecule has 0 bridgehead atoms. The van der Waals surface area contributed by atoms with Gasteiger partial charge in [0.05, 0.1) is 17.1 Å². The number of carbonyl (C=O) groups is 1. The molecule has 1 unspecified atom stereocenters. The summed E-state index contributed by atoms with van der Waals surface area (Å²) in [5, 5.41) is 0. The van der Waals surface area contributed by atoms with Gasteiger partial charge in [-0.1, -0.05) is 15.9 Å². The highest BCUT2D eigenvalue weighted by Gasteiger charge is 2.49. The van der Waals surface area contributed by atoms with Crippen LogP contribution in [0, 0.1) is 5.92 Å². The van der Waals surface area contributed by atoms with Crippen LogP contribution in [0.4, 0.5) is 5.69 Å². The van der Waals surface area contributed by atoms with Gasteiger partial charge in [-0.3, -0.25) is 4.79 Å². The van der Waals surface area contributed by atoms with Crippen LogP contribution in [0.2, 0.25) is 0 Å². The molecule has 1 heterocycles. The summed E-state index contributed by atoms with van der Waals surface area (Å²) in [6.45, 7) is 8.01. The molecular formula is C15H20BrNO2. The van der Waals surface area contributed by atoms with Crippen molar-refractivity contribution in [3.63, 3.8) is 0 Å². The molecule has 0 amide bonds. The van der Waals surface area contributed by atoms with Gasteiger partial charge in [0.2, 0.25) is 0 Å². The van der Waals surface area contributed by atoms with E-state index in [1.165, 1.54) is 0 Å². The molecule has 0 aliphatic carbocycles. The molecule has 0 saturated carbocycles. The molecule has 1 aromatic carbocycles. The van der Waals surface area contributed by atoms with Crippen LogP contribution in [-0.4, -0.2) is 17.0 Å². The second kappa shape index (κ2) is 4.60. The zero-order chi connectivity index (χ0) is 14.4. The number of rotatable bonds is 2. The minimum atomic E-state index is -0.447. The lowest BCUT2D eigenvalue weighted by atomic mass is 9.81. The highest BCUT2D eigenvalue weighted by atomic mass is 79.9. The van der Waals surface area contributed by atoms with Crippen molar-refractivity contribution in [3.05, 3.63) is 28.2 Å². The van der Waals surface area contributed by atoms with Gasteiger partial charge >= 0.3 is 0 Å². The van der Waals surface area contributed by atoms with Gasteiger partial charge in [0.25, 0.3) is 0 Å². The Morgan fingerprint density at radius 2 is 1.95 bits per heavy atom. The number of benzene rings is 1. The Morgan fingerprint density at radius 1 is 1.32 bits per heavy atom. The summed E-state index contributed by atoms with van der Waals surface area (Å²) >= 11 is 3.38. The summed E-state index contributed by atoms with van der Waals surface area (Å²) in [7, 11) is 0. The number of anilines is 1. The van der Waals surface area contributed by atoms with E-state index in [0.717, 1.165) is 10.9 Å². The second-order valence-corrected chi connectivity index (χ2v) is 7.28. The molecule has 2 rings (SSSR count). The number of carbonyl (C=O) groups excluding carboxylic acids is 1. The van der Waals surface area contributed by atoms with Gasteiger partial charge in [0, 0.05) is 15.7 Å². The Hall–Kier alpha value is -0.870. The fourth-order valence-electron chi connectivity index (χ4n) is 2.93. The molecule has 3 nitrogen and oxygen atoms in total. The van der Waals surface area contributed by atoms with E-state index in [-0.39, 0.29) is 17.3 Å².